The normalized spacial score (nSPS) is 11.2. The maximum Gasteiger partial charge on any atom is 0.315 e. The van der Waals surface area contributed by atoms with Crippen LogP contribution >= 0.6 is 0 Å². The van der Waals surface area contributed by atoms with Gasteiger partial charge < -0.3 is 15.7 Å². The number of nitrogens with one attached hydrogen (secondary N) is 2. The lowest BCUT2D eigenvalue weighted by molar-refractivity contribution is -0.137. The molecule has 2 amide bonds. The summed E-state index contributed by atoms with van der Waals surface area (Å²) >= 11 is 0. The number of nitrogens with zero attached hydrogens (tertiary/aromatic N) is 1. The molecular formula is C16H21N3O3. The first-order chi connectivity index (χ1) is 10.6. The smallest absolute Gasteiger partial charge is 0.315 e. The summed E-state index contributed by atoms with van der Waals surface area (Å²) in [7, 11) is 0. The third-order valence-corrected chi connectivity index (χ3v) is 3.14. The summed E-state index contributed by atoms with van der Waals surface area (Å²) < 4.78 is 0. The average molecular weight is 303 g/mol. The van der Waals surface area contributed by atoms with Crippen LogP contribution in [-0.2, 0) is 4.79 Å². The van der Waals surface area contributed by atoms with Gasteiger partial charge in [-0.1, -0.05) is 30.3 Å². The number of rotatable bonds is 9. The van der Waals surface area contributed by atoms with Crippen molar-refractivity contribution in [1.29, 1.82) is 5.26 Å². The maximum absolute atomic E-state index is 11.9. The van der Waals surface area contributed by atoms with Crippen LogP contribution < -0.4 is 10.6 Å². The Morgan fingerprint density at radius 2 is 1.95 bits per heavy atom. The van der Waals surface area contributed by atoms with Crippen LogP contribution in [0.3, 0.4) is 0 Å². The van der Waals surface area contributed by atoms with Crippen molar-refractivity contribution < 1.29 is 14.7 Å². The van der Waals surface area contributed by atoms with Crippen LogP contribution in [0.5, 0.6) is 0 Å². The van der Waals surface area contributed by atoms with Crippen LogP contribution in [0.1, 0.15) is 43.7 Å². The zero-order valence-corrected chi connectivity index (χ0v) is 12.4. The van der Waals surface area contributed by atoms with E-state index in [2.05, 4.69) is 16.7 Å². The number of hydrogen-bond donors (Lipinski definition) is 3. The molecule has 6 nitrogen and oxygen atoms in total. The van der Waals surface area contributed by atoms with Gasteiger partial charge in [0.05, 0.1) is 12.1 Å². The molecular weight excluding hydrogens is 282 g/mol. The van der Waals surface area contributed by atoms with Crippen LogP contribution in [0.2, 0.25) is 0 Å². The minimum Gasteiger partial charge on any atom is -0.481 e. The first kappa shape index (κ1) is 17.5. The highest BCUT2D eigenvalue weighted by Crippen LogP contribution is 2.18. The van der Waals surface area contributed by atoms with Crippen molar-refractivity contribution in [3.8, 4) is 6.07 Å². The molecule has 0 saturated carbocycles. The zero-order chi connectivity index (χ0) is 16.2. The predicted molar refractivity (Wildman–Crippen MR) is 82.1 cm³/mol. The van der Waals surface area contributed by atoms with Gasteiger partial charge in [-0.05, 0) is 24.8 Å². The molecule has 6 heteroatoms. The van der Waals surface area contributed by atoms with E-state index in [0.29, 0.717) is 32.2 Å². The molecule has 0 heterocycles. The van der Waals surface area contributed by atoms with Gasteiger partial charge in [-0.25, -0.2) is 4.79 Å². The lowest BCUT2D eigenvalue weighted by Gasteiger charge is -2.19. The molecule has 1 atom stereocenters. The molecule has 0 radical (unpaired) electrons. The van der Waals surface area contributed by atoms with E-state index in [4.69, 9.17) is 10.4 Å². The van der Waals surface area contributed by atoms with E-state index < -0.39 is 5.97 Å². The molecule has 3 N–H and O–H groups in total. The van der Waals surface area contributed by atoms with Crippen LogP contribution in [-0.4, -0.2) is 23.7 Å². The highest BCUT2D eigenvalue weighted by molar-refractivity contribution is 5.74. The van der Waals surface area contributed by atoms with Crippen molar-refractivity contribution in [3.63, 3.8) is 0 Å². The van der Waals surface area contributed by atoms with Gasteiger partial charge in [0.25, 0.3) is 0 Å². The molecule has 0 aliphatic heterocycles. The standard InChI is InChI=1S/C16H21N3O3/c17-11-5-4-9-14(13-7-2-1-3-8-13)19-16(22)18-12-6-10-15(20)21/h1-3,7-8,14H,4-6,9-10,12H2,(H,20,21)(H2,18,19,22). The van der Waals surface area contributed by atoms with E-state index in [-0.39, 0.29) is 18.5 Å². The molecule has 0 spiro atoms. The number of amides is 2. The largest absolute Gasteiger partial charge is 0.481 e. The van der Waals surface area contributed by atoms with Crippen molar-refractivity contribution in [2.45, 2.75) is 38.1 Å². The zero-order valence-electron chi connectivity index (χ0n) is 12.4. The summed E-state index contributed by atoms with van der Waals surface area (Å²) in [6.07, 6.45) is 2.26. The molecule has 0 aliphatic rings. The predicted octanol–water partition coefficient (Wildman–Crippen LogP) is 2.59. The molecule has 0 fully saturated rings. The molecule has 22 heavy (non-hydrogen) atoms. The molecule has 1 rings (SSSR count). The van der Waals surface area contributed by atoms with Crippen molar-refractivity contribution in [3.05, 3.63) is 35.9 Å². The molecule has 118 valence electrons. The summed E-state index contributed by atoms with van der Waals surface area (Å²) in [5.41, 5.74) is 0.987. The average Bonchev–Trinajstić information content (AvgIpc) is 2.51. The number of hydrogen-bond acceptors (Lipinski definition) is 3. The van der Waals surface area contributed by atoms with E-state index in [1.807, 2.05) is 30.3 Å². The topological polar surface area (TPSA) is 102 Å². The van der Waals surface area contributed by atoms with Crippen LogP contribution in [0.15, 0.2) is 30.3 Å². The molecule has 1 unspecified atom stereocenters. The Bertz CT molecular complexity index is 511. The van der Waals surface area contributed by atoms with Crippen LogP contribution in [0, 0.1) is 11.3 Å². The van der Waals surface area contributed by atoms with Gasteiger partial charge in [0, 0.05) is 19.4 Å². The highest BCUT2D eigenvalue weighted by Gasteiger charge is 2.13. The van der Waals surface area contributed by atoms with Crippen LogP contribution in [0.25, 0.3) is 0 Å². The first-order valence-electron chi connectivity index (χ1n) is 7.31. The summed E-state index contributed by atoms with van der Waals surface area (Å²) in [5, 5.41) is 22.7. The molecule has 0 bridgehead atoms. The number of unbranched alkanes of at least 4 members (excludes halogenated alkanes) is 1. The number of carbonyl (C=O) groups is 2. The number of carbonyl (C=O) groups excluding carboxylic acids is 1. The lowest BCUT2D eigenvalue weighted by atomic mass is 10.0. The number of carboxylic acids is 1. The van der Waals surface area contributed by atoms with E-state index in [0.717, 1.165) is 5.56 Å². The second-order valence-electron chi connectivity index (χ2n) is 4.91. The number of benzene rings is 1. The molecule has 1 aromatic rings. The second kappa shape index (κ2) is 10.2. The minimum atomic E-state index is -0.874. The quantitative estimate of drug-likeness (QED) is 0.610. The molecule has 1 aromatic carbocycles. The number of urea groups is 1. The Balaban J connectivity index is 2.48. The third-order valence-electron chi connectivity index (χ3n) is 3.14. The Hall–Kier alpha value is -2.55. The van der Waals surface area contributed by atoms with Crippen molar-refractivity contribution in [2.24, 2.45) is 0 Å². The number of aliphatic carboxylic acids is 1. The fourth-order valence-corrected chi connectivity index (χ4v) is 2.04. The molecule has 0 aromatic heterocycles. The van der Waals surface area contributed by atoms with Gasteiger partial charge in [0.15, 0.2) is 0 Å². The minimum absolute atomic E-state index is 0.0323. The number of nitriles is 1. The van der Waals surface area contributed by atoms with Crippen molar-refractivity contribution in [1.82, 2.24) is 10.6 Å². The summed E-state index contributed by atoms with van der Waals surface area (Å²) in [6.45, 7) is 0.317. The van der Waals surface area contributed by atoms with Gasteiger partial charge in [-0.2, -0.15) is 5.26 Å². The molecule has 0 aliphatic carbocycles. The van der Waals surface area contributed by atoms with Crippen molar-refractivity contribution in [2.75, 3.05) is 6.54 Å². The third kappa shape index (κ3) is 7.29. The Morgan fingerprint density at radius 1 is 1.23 bits per heavy atom. The monoisotopic (exact) mass is 303 g/mol. The summed E-state index contributed by atoms with van der Waals surface area (Å²) in [5.74, 6) is -0.874. The van der Waals surface area contributed by atoms with Crippen molar-refractivity contribution >= 4 is 12.0 Å². The lowest BCUT2D eigenvalue weighted by Crippen LogP contribution is -2.38. The van der Waals surface area contributed by atoms with Crippen LogP contribution in [0.4, 0.5) is 4.79 Å². The summed E-state index contributed by atoms with van der Waals surface area (Å²) in [6, 6.07) is 11.2. The Morgan fingerprint density at radius 3 is 2.59 bits per heavy atom. The van der Waals surface area contributed by atoms with E-state index >= 15 is 0 Å². The van der Waals surface area contributed by atoms with Gasteiger partial charge in [-0.15, -0.1) is 0 Å². The van der Waals surface area contributed by atoms with E-state index in [1.165, 1.54) is 0 Å². The SMILES string of the molecule is N#CCCCC(NC(=O)NCCCC(=O)O)c1ccccc1. The van der Waals surface area contributed by atoms with Gasteiger partial charge in [0.2, 0.25) is 0 Å². The second-order valence-corrected chi connectivity index (χ2v) is 4.91. The fraction of sp³-hybridized carbons (Fsp3) is 0.438. The Kier molecular flexibility index (Phi) is 8.13. The van der Waals surface area contributed by atoms with Gasteiger partial charge in [0.1, 0.15) is 0 Å². The highest BCUT2D eigenvalue weighted by atomic mass is 16.4. The van der Waals surface area contributed by atoms with Gasteiger partial charge >= 0.3 is 12.0 Å². The number of carboxylic acid groups (broad SMARTS) is 1. The Labute approximate surface area is 130 Å². The van der Waals surface area contributed by atoms with E-state index in [9.17, 15) is 9.59 Å². The van der Waals surface area contributed by atoms with E-state index in [1.54, 1.807) is 0 Å². The first-order valence-corrected chi connectivity index (χ1v) is 7.31. The fourth-order valence-electron chi connectivity index (χ4n) is 2.04. The van der Waals surface area contributed by atoms with Gasteiger partial charge in [-0.3, -0.25) is 4.79 Å². The maximum atomic E-state index is 11.9. The summed E-state index contributed by atoms with van der Waals surface area (Å²) in [4.78, 5) is 22.3. The molecule has 0 saturated heterocycles.